The number of nitrogens with one attached hydrogen (secondary N) is 2. The molecular weight excluding hydrogens is 513 g/mol. The van der Waals surface area contributed by atoms with E-state index in [1.54, 1.807) is 11.0 Å². The number of likely N-dealkylation sites (N-methyl/N-ethyl adjacent to an activating group) is 1. The number of aromatic nitrogens is 3. The summed E-state index contributed by atoms with van der Waals surface area (Å²) in [6.07, 6.45) is 3.23. The van der Waals surface area contributed by atoms with Crippen LogP contribution < -0.4 is 10.6 Å². The Morgan fingerprint density at radius 2 is 1.72 bits per heavy atom. The molecule has 3 rings (SSSR count). The second-order valence-electron chi connectivity index (χ2n) is 7.23. The average Bonchev–Trinajstić information content (AvgIpc) is 3.36. The maximum absolute atomic E-state index is 4.79. The summed E-state index contributed by atoms with van der Waals surface area (Å²) in [6, 6.07) is 19.2. The van der Waals surface area contributed by atoms with Crippen LogP contribution in [-0.2, 0) is 6.54 Å². The summed E-state index contributed by atoms with van der Waals surface area (Å²) in [5, 5.41) is 11.1. The van der Waals surface area contributed by atoms with Crippen LogP contribution in [0.2, 0.25) is 0 Å². The number of guanidine groups is 1. The number of hydrogen-bond acceptors (Lipinski definition) is 4. The molecule has 1 atom stereocenters. The Morgan fingerprint density at radius 1 is 1.00 bits per heavy atom. The fraction of sp³-hybridized carbons (Fsp3) is 0.375. The summed E-state index contributed by atoms with van der Waals surface area (Å²) in [6.45, 7) is 10.7. The molecule has 0 saturated heterocycles. The molecule has 2 N–H and O–H groups in total. The summed E-state index contributed by atoms with van der Waals surface area (Å²) < 4.78 is 1.75. The summed E-state index contributed by atoms with van der Waals surface area (Å²) in [7, 11) is 0. The Morgan fingerprint density at radius 3 is 2.31 bits per heavy atom. The monoisotopic (exact) mass is 547 g/mol. The summed E-state index contributed by atoms with van der Waals surface area (Å²) in [4.78, 5) is 11.3. The van der Waals surface area contributed by atoms with Gasteiger partial charge in [0.25, 0.3) is 0 Å². The summed E-state index contributed by atoms with van der Waals surface area (Å²) >= 11 is 0. The molecule has 1 heterocycles. The van der Waals surface area contributed by atoms with E-state index >= 15 is 0 Å². The van der Waals surface area contributed by atoms with Crippen molar-refractivity contribution in [2.24, 2.45) is 4.99 Å². The first-order valence-electron chi connectivity index (χ1n) is 11.0. The largest absolute Gasteiger partial charge is 0.357 e. The van der Waals surface area contributed by atoms with Gasteiger partial charge in [0, 0.05) is 13.1 Å². The molecule has 172 valence electrons. The molecular formula is C24H34IN7. The lowest BCUT2D eigenvalue weighted by molar-refractivity contribution is 0.219. The van der Waals surface area contributed by atoms with Crippen LogP contribution in [0.4, 0.5) is 0 Å². The minimum atomic E-state index is 0. The van der Waals surface area contributed by atoms with Crippen molar-refractivity contribution in [1.29, 1.82) is 0 Å². The predicted octanol–water partition coefficient (Wildman–Crippen LogP) is 4.02. The van der Waals surface area contributed by atoms with Gasteiger partial charge in [-0.25, -0.2) is 14.7 Å². The second kappa shape index (κ2) is 13.8. The highest BCUT2D eigenvalue weighted by molar-refractivity contribution is 14.0. The third-order valence-electron chi connectivity index (χ3n) is 5.28. The minimum Gasteiger partial charge on any atom is -0.357 e. The van der Waals surface area contributed by atoms with Crippen molar-refractivity contribution in [3.63, 3.8) is 0 Å². The van der Waals surface area contributed by atoms with Crippen LogP contribution in [0, 0.1) is 0 Å². The second-order valence-corrected chi connectivity index (χ2v) is 7.23. The number of rotatable bonds is 10. The van der Waals surface area contributed by atoms with Gasteiger partial charge in [0.2, 0.25) is 0 Å². The molecule has 0 aliphatic rings. The van der Waals surface area contributed by atoms with E-state index in [1.807, 2.05) is 12.1 Å². The summed E-state index contributed by atoms with van der Waals surface area (Å²) in [5.74, 6) is 0.830. The zero-order valence-corrected chi connectivity index (χ0v) is 21.4. The lowest BCUT2D eigenvalue weighted by Gasteiger charge is -2.30. The molecule has 0 fully saturated rings. The third-order valence-corrected chi connectivity index (χ3v) is 5.28. The van der Waals surface area contributed by atoms with Gasteiger partial charge in [0.1, 0.15) is 12.7 Å². The van der Waals surface area contributed by atoms with Gasteiger partial charge in [-0.3, -0.25) is 4.90 Å². The van der Waals surface area contributed by atoms with Crippen LogP contribution in [-0.4, -0.2) is 51.8 Å². The molecule has 0 aliphatic carbocycles. The van der Waals surface area contributed by atoms with Crippen LogP contribution in [0.3, 0.4) is 0 Å². The number of halogens is 1. The van der Waals surface area contributed by atoms with Gasteiger partial charge in [-0.2, -0.15) is 5.10 Å². The van der Waals surface area contributed by atoms with Crippen molar-refractivity contribution in [2.75, 3.05) is 26.2 Å². The van der Waals surface area contributed by atoms with Crippen molar-refractivity contribution >= 4 is 29.9 Å². The smallest absolute Gasteiger partial charge is 0.191 e. The quantitative estimate of drug-likeness (QED) is 0.228. The van der Waals surface area contributed by atoms with Crippen LogP contribution in [0.15, 0.2) is 72.2 Å². The number of benzene rings is 2. The molecule has 0 spiro atoms. The van der Waals surface area contributed by atoms with Crippen LogP contribution in [0.5, 0.6) is 0 Å². The van der Waals surface area contributed by atoms with E-state index in [2.05, 4.69) is 88.9 Å². The van der Waals surface area contributed by atoms with Crippen LogP contribution >= 0.6 is 24.0 Å². The summed E-state index contributed by atoms with van der Waals surface area (Å²) in [5.41, 5.74) is 3.45. The maximum atomic E-state index is 4.79. The molecule has 0 amide bonds. The first kappa shape index (κ1) is 25.8. The van der Waals surface area contributed by atoms with E-state index in [1.165, 1.54) is 11.9 Å². The highest BCUT2D eigenvalue weighted by Crippen LogP contribution is 2.19. The molecule has 1 unspecified atom stereocenters. The lowest BCUT2D eigenvalue weighted by atomic mass is 10.1. The fourth-order valence-corrected chi connectivity index (χ4v) is 3.60. The van der Waals surface area contributed by atoms with Gasteiger partial charge in [0.05, 0.1) is 18.3 Å². The molecule has 32 heavy (non-hydrogen) atoms. The van der Waals surface area contributed by atoms with E-state index in [0.717, 1.165) is 43.4 Å². The van der Waals surface area contributed by atoms with Crippen LogP contribution in [0.25, 0.3) is 5.69 Å². The lowest BCUT2D eigenvalue weighted by Crippen LogP contribution is -2.43. The number of aliphatic imine (C=N–C) groups is 1. The molecule has 3 aromatic rings. The molecule has 8 heteroatoms. The predicted molar refractivity (Wildman–Crippen MR) is 142 cm³/mol. The Bertz CT molecular complexity index is 907. The first-order valence-corrected chi connectivity index (χ1v) is 11.0. The Kier molecular flexibility index (Phi) is 11.2. The van der Waals surface area contributed by atoms with Crippen molar-refractivity contribution in [1.82, 2.24) is 30.3 Å². The number of nitrogens with zero attached hydrogens (tertiary/aromatic N) is 5. The van der Waals surface area contributed by atoms with Crippen LogP contribution in [0.1, 0.15) is 37.9 Å². The maximum Gasteiger partial charge on any atom is 0.191 e. The molecule has 1 aromatic heterocycles. The van der Waals surface area contributed by atoms with Crippen molar-refractivity contribution in [3.8, 4) is 5.69 Å². The molecule has 0 saturated carbocycles. The van der Waals surface area contributed by atoms with Crippen molar-refractivity contribution in [2.45, 2.75) is 33.4 Å². The standard InChI is InChI=1S/C24H33N7.HI/c1-4-26-24(27-16-20-12-14-22(15-13-20)31-19-25-18-29-31)28-17-23(30(5-2)6-3)21-10-8-7-9-11-21;/h7-15,18-19,23H,4-6,16-17H2,1-3H3,(H2,26,27,28);1H. The van der Waals surface area contributed by atoms with Gasteiger partial charge in [-0.1, -0.05) is 56.3 Å². The average molecular weight is 547 g/mol. The Hall–Kier alpha value is -2.46. The van der Waals surface area contributed by atoms with Crippen molar-refractivity contribution < 1.29 is 0 Å². The Labute approximate surface area is 208 Å². The zero-order chi connectivity index (χ0) is 21.9. The van der Waals surface area contributed by atoms with E-state index in [4.69, 9.17) is 4.99 Å². The normalized spacial score (nSPS) is 12.3. The molecule has 2 aromatic carbocycles. The van der Waals surface area contributed by atoms with Gasteiger partial charge >= 0.3 is 0 Å². The minimum absolute atomic E-state index is 0. The fourth-order valence-electron chi connectivity index (χ4n) is 3.60. The molecule has 0 aliphatic heterocycles. The highest BCUT2D eigenvalue weighted by Gasteiger charge is 2.18. The first-order chi connectivity index (χ1) is 15.2. The van der Waals surface area contributed by atoms with Gasteiger partial charge in [0.15, 0.2) is 5.96 Å². The van der Waals surface area contributed by atoms with Gasteiger partial charge < -0.3 is 10.6 Å². The van der Waals surface area contributed by atoms with Crippen molar-refractivity contribution in [3.05, 3.63) is 78.4 Å². The molecule has 0 radical (unpaired) electrons. The Balaban J connectivity index is 0.00000363. The third kappa shape index (κ3) is 7.30. The topological polar surface area (TPSA) is 70.4 Å². The number of hydrogen-bond donors (Lipinski definition) is 2. The van der Waals surface area contributed by atoms with Gasteiger partial charge in [-0.05, 0) is 43.3 Å². The van der Waals surface area contributed by atoms with E-state index in [9.17, 15) is 0 Å². The molecule has 0 bridgehead atoms. The zero-order valence-electron chi connectivity index (χ0n) is 19.1. The molecule has 7 nitrogen and oxygen atoms in total. The highest BCUT2D eigenvalue weighted by atomic mass is 127. The SMILES string of the molecule is CCNC(=NCc1ccc(-n2cncn2)cc1)NCC(c1ccccc1)N(CC)CC.I. The van der Waals surface area contributed by atoms with E-state index in [-0.39, 0.29) is 24.0 Å². The van der Waals surface area contributed by atoms with Gasteiger partial charge in [-0.15, -0.1) is 24.0 Å². The van der Waals surface area contributed by atoms with E-state index < -0.39 is 0 Å². The van der Waals surface area contributed by atoms with E-state index in [0.29, 0.717) is 12.6 Å².